The number of methoxy groups -OCH3 is 1. The molecule has 1 saturated heterocycles. The van der Waals surface area contributed by atoms with Crippen LogP contribution in [0.3, 0.4) is 0 Å². The van der Waals surface area contributed by atoms with E-state index in [1.165, 1.54) is 7.11 Å². The Balaban J connectivity index is 1.98. The van der Waals surface area contributed by atoms with Crippen molar-refractivity contribution in [2.24, 2.45) is 0 Å². The maximum Gasteiger partial charge on any atom is 0.338 e. The Morgan fingerprint density at radius 3 is 2.56 bits per heavy atom. The van der Waals surface area contributed by atoms with E-state index in [1.807, 2.05) is 19.9 Å². The van der Waals surface area contributed by atoms with Crippen molar-refractivity contribution in [3.8, 4) is 0 Å². The number of rotatable bonds is 8. The first kappa shape index (κ1) is 26.0. The number of hydrogen-bond donors (Lipinski definition) is 1. The van der Waals surface area contributed by atoms with Crippen molar-refractivity contribution < 1.29 is 23.9 Å². The molecule has 2 aliphatic heterocycles. The first-order chi connectivity index (χ1) is 16.3. The van der Waals surface area contributed by atoms with E-state index in [1.54, 1.807) is 34.9 Å². The Labute approximate surface area is 205 Å². The molecule has 3 amide bonds. The van der Waals surface area contributed by atoms with Crippen molar-refractivity contribution in [3.63, 3.8) is 0 Å². The number of ether oxygens (including phenoxy) is 2. The molecule has 0 aliphatic carbocycles. The molecule has 0 aromatic heterocycles. The van der Waals surface area contributed by atoms with Crippen molar-refractivity contribution in [2.45, 2.75) is 32.9 Å². The van der Waals surface area contributed by atoms with Gasteiger partial charge in [-0.2, -0.15) is 0 Å². The Morgan fingerprint density at radius 1 is 1.21 bits per heavy atom. The van der Waals surface area contributed by atoms with Gasteiger partial charge in [0.1, 0.15) is 6.61 Å². The number of urea groups is 1. The predicted molar refractivity (Wildman–Crippen MR) is 128 cm³/mol. The van der Waals surface area contributed by atoms with Gasteiger partial charge >= 0.3 is 12.0 Å². The molecule has 1 aromatic carbocycles. The monoisotopic (exact) mass is 492 g/mol. The van der Waals surface area contributed by atoms with Crippen LogP contribution in [0, 0.1) is 0 Å². The zero-order valence-corrected chi connectivity index (χ0v) is 20.9. The summed E-state index contributed by atoms with van der Waals surface area (Å²) >= 11 is 6.45. The van der Waals surface area contributed by atoms with E-state index in [0.29, 0.717) is 54.6 Å². The highest BCUT2D eigenvalue weighted by Gasteiger charge is 2.39. The van der Waals surface area contributed by atoms with Crippen LogP contribution in [-0.4, -0.2) is 91.7 Å². The second-order valence-electron chi connectivity index (χ2n) is 8.33. The lowest BCUT2D eigenvalue weighted by Crippen LogP contribution is -2.57. The van der Waals surface area contributed by atoms with Crippen LogP contribution in [0.5, 0.6) is 0 Å². The molecule has 2 atom stereocenters. The van der Waals surface area contributed by atoms with Gasteiger partial charge in [0.15, 0.2) is 0 Å². The number of carbonyl (C=O) groups is 3. The number of nitrogens with one attached hydrogen (secondary N) is 1. The quantitative estimate of drug-likeness (QED) is 0.560. The second-order valence-corrected chi connectivity index (χ2v) is 8.74. The summed E-state index contributed by atoms with van der Waals surface area (Å²) in [5.41, 5.74) is 1.61. The van der Waals surface area contributed by atoms with Crippen molar-refractivity contribution in [3.05, 3.63) is 46.1 Å². The molecule has 3 rings (SSSR count). The van der Waals surface area contributed by atoms with Crippen LogP contribution in [0.1, 0.15) is 32.4 Å². The Morgan fingerprint density at radius 2 is 1.94 bits per heavy atom. The van der Waals surface area contributed by atoms with Gasteiger partial charge in [0.2, 0.25) is 5.91 Å². The van der Waals surface area contributed by atoms with E-state index < -0.39 is 12.0 Å². The van der Waals surface area contributed by atoms with E-state index in [4.69, 9.17) is 21.1 Å². The van der Waals surface area contributed by atoms with Gasteiger partial charge in [-0.1, -0.05) is 29.8 Å². The lowest BCUT2D eigenvalue weighted by molar-refractivity contribution is -0.139. The fourth-order valence-corrected chi connectivity index (χ4v) is 4.81. The van der Waals surface area contributed by atoms with E-state index in [0.717, 1.165) is 0 Å². The van der Waals surface area contributed by atoms with Crippen molar-refractivity contribution >= 4 is 29.5 Å². The molecule has 1 fully saturated rings. The molecule has 9 nitrogen and oxygen atoms in total. The summed E-state index contributed by atoms with van der Waals surface area (Å²) in [4.78, 5) is 44.1. The van der Waals surface area contributed by atoms with Crippen molar-refractivity contribution in [2.75, 3.05) is 53.0 Å². The van der Waals surface area contributed by atoms with E-state index in [9.17, 15) is 14.4 Å². The predicted octanol–water partition coefficient (Wildman–Crippen LogP) is 2.42. The summed E-state index contributed by atoms with van der Waals surface area (Å²) in [5.74, 6) is -0.532. The van der Waals surface area contributed by atoms with Gasteiger partial charge in [0, 0.05) is 56.6 Å². The van der Waals surface area contributed by atoms with E-state index in [-0.39, 0.29) is 31.2 Å². The average molecular weight is 493 g/mol. The number of benzene rings is 1. The summed E-state index contributed by atoms with van der Waals surface area (Å²) in [5, 5.41) is 3.39. The third kappa shape index (κ3) is 5.54. The van der Waals surface area contributed by atoms with Gasteiger partial charge in [-0.3, -0.25) is 14.6 Å². The smallest absolute Gasteiger partial charge is 0.338 e. The lowest BCUT2D eigenvalue weighted by Gasteiger charge is -2.43. The minimum atomic E-state index is -0.722. The van der Waals surface area contributed by atoms with Crippen molar-refractivity contribution in [1.29, 1.82) is 0 Å². The molecule has 34 heavy (non-hydrogen) atoms. The molecule has 0 radical (unpaired) electrons. The van der Waals surface area contributed by atoms with Crippen LogP contribution >= 0.6 is 11.6 Å². The number of carbonyl (C=O) groups excluding carboxylic acids is 3. The number of hydrogen-bond acceptors (Lipinski definition) is 6. The summed E-state index contributed by atoms with van der Waals surface area (Å²) in [7, 11) is 1.51. The highest BCUT2D eigenvalue weighted by atomic mass is 35.5. The molecule has 0 spiro atoms. The van der Waals surface area contributed by atoms with E-state index in [2.05, 4.69) is 10.2 Å². The zero-order valence-electron chi connectivity index (χ0n) is 20.2. The number of amides is 3. The second kappa shape index (κ2) is 11.7. The van der Waals surface area contributed by atoms with Crippen LogP contribution < -0.4 is 5.32 Å². The number of likely N-dealkylation sites (N-methyl/N-ethyl adjacent to an activating group) is 1. The van der Waals surface area contributed by atoms with Crippen molar-refractivity contribution in [1.82, 2.24) is 20.0 Å². The first-order valence-electron chi connectivity index (χ1n) is 11.6. The standard InChI is InChI=1S/C24H33ClN4O5/c1-5-28-19(14-27-11-12-29(16(3)13-27)20(30)15-33-4)21(23(31)34-6-2)22(26-24(28)32)17-9-7-8-10-18(17)25/h7-10,16,22H,5-6,11-15H2,1-4H3,(H,26,32). The van der Waals surface area contributed by atoms with Crippen LogP contribution in [0.25, 0.3) is 0 Å². The van der Waals surface area contributed by atoms with Gasteiger partial charge < -0.3 is 19.7 Å². The third-order valence-corrected chi connectivity index (χ3v) is 6.48. The number of piperazine rings is 1. The lowest BCUT2D eigenvalue weighted by atomic mass is 9.94. The molecule has 2 heterocycles. The van der Waals surface area contributed by atoms with Gasteiger partial charge in [-0.15, -0.1) is 0 Å². The Hall–Kier alpha value is -2.62. The summed E-state index contributed by atoms with van der Waals surface area (Å²) in [6.07, 6.45) is 0. The molecule has 2 unspecified atom stereocenters. The fraction of sp³-hybridized carbons (Fsp3) is 0.542. The highest BCUT2D eigenvalue weighted by molar-refractivity contribution is 6.31. The summed E-state index contributed by atoms with van der Waals surface area (Å²) in [6.45, 7) is 8.36. The molecular formula is C24H33ClN4O5. The van der Waals surface area contributed by atoms with Crippen LogP contribution in [0.4, 0.5) is 4.79 Å². The fourth-order valence-electron chi connectivity index (χ4n) is 4.57. The van der Waals surface area contributed by atoms with E-state index >= 15 is 0 Å². The molecule has 1 N–H and O–H groups in total. The zero-order chi connectivity index (χ0) is 24.8. The molecule has 2 aliphatic rings. The Bertz CT molecular complexity index is 953. The molecular weight excluding hydrogens is 460 g/mol. The Kier molecular flexibility index (Phi) is 8.93. The molecule has 10 heteroatoms. The molecule has 0 bridgehead atoms. The SMILES string of the molecule is CCOC(=O)C1=C(CN2CCN(C(=O)COC)C(C)C2)N(CC)C(=O)NC1c1ccccc1Cl. The number of nitrogens with zero attached hydrogens (tertiary/aromatic N) is 3. The van der Waals surface area contributed by atoms with Gasteiger partial charge in [-0.25, -0.2) is 9.59 Å². The van der Waals surface area contributed by atoms with Crippen LogP contribution in [-0.2, 0) is 19.1 Å². The molecule has 1 aromatic rings. The maximum atomic E-state index is 13.2. The maximum absolute atomic E-state index is 13.2. The number of halogens is 1. The summed E-state index contributed by atoms with van der Waals surface area (Å²) < 4.78 is 10.4. The highest BCUT2D eigenvalue weighted by Crippen LogP contribution is 2.35. The molecule has 186 valence electrons. The largest absolute Gasteiger partial charge is 0.463 e. The normalized spacial score (nSPS) is 21.5. The minimum absolute atomic E-state index is 0.0325. The van der Waals surface area contributed by atoms with Gasteiger partial charge in [-0.05, 0) is 32.4 Å². The third-order valence-electron chi connectivity index (χ3n) is 6.14. The van der Waals surface area contributed by atoms with Gasteiger partial charge in [0.05, 0.1) is 18.2 Å². The van der Waals surface area contributed by atoms with Crippen LogP contribution in [0.15, 0.2) is 35.5 Å². The number of esters is 1. The first-order valence-corrected chi connectivity index (χ1v) is 11.9. The van der Waals surface area contributed by atoms with Crippen LogP contribution in [0.2, 0.25) is 5.02 Å². The van der Waals surface area contributed by atoms with Gasteiger partial charge in [0.25, 0.3) is 0 Å². The topological polar surface area (TPSA) is 91.4 Å². The molecule has 0 saturated carbocycles. The average Bonchev–Trinajstić information content (AvgIpc) is 2.79. The minimum Gasteiger partial charge on any atom is -0.463 e. The summed E-state index contributed by atoms with van der Waals surface area (Å²) in [6, 6.07) is 6.10.